The van der Waals surface area contributed by atoms with Gasteiger partial charge >= 0.3 is 6.18 Å². The van der Waals surface area contributed by atoms with Crippen molar-refractivity contribution in [3.63, 3.8) is 0 Å². The number of unbranched alkanes of at least 4 members (excludes halogenated alkanes) is 4. The van der Waals surface area contributed by atoms with Crippen LogP contribution < -0.4 is 30.9 Å². The highest BCUT2D eigenvalue weighted by Crippen LogP contribution is 2.38. The summed E-state index contributed by atoms with van der Waals surface area (Å²) in [6, 6.07) is 11.9. The second-order valence-electron chi connectivity index (χ2n) is 17.7. The summed E-state index contributed by atoms with van der Waals surface area (Å²) < 4.78 is 63.0. The largest absolute Gasteiger partial charge is 0.483 e. The highest BCUT2D eigenvalue weighted by Gasteiger charge is 2.46. The van der Waals surface area contributed by atoms with Gasteiger partial charge in [-0.05, 0) is 88.2 Å². The molecule has 2 unspecified atom stereocenters. The number of likely N-dealkylation sites (N-methyl/N-ethyl adjacent to an activating group) is 1. The molecule has 17 nitrogen and oxygen atoms in total. The number of nitrogens with zero attached hydrogens (tertiary/aromatic N) is 4. The number of carbonyl (C=O) groups is 8. The number of piperidine rings is 1. The van der Waals surface area contributed by atoms with E-state index in [-0.39, 0.29) is 64.2 Å². The molecule has 4 N–H and O–H groups in total. The van der Waals surface area contributed by atoms with E-state index in [2.05, 4.69) is 31.2 Å². The Labute approximate surface area is 400 Å². The molecule has 0 aliphatic carbocycles. The maximum absolute atomic E-state index is 15.5. The number of amides is 8. The predicted molar refractivity (Wildman–Crippen MR) is 248 cm³/mol. The molecule has 7 rings (SSSR count). The zero-order chi connectivity index (χ0) is 50.4. The Morgan fingerprint density at radius 2 is 1.56 bits per heavy atom. The quantitative estimate of drug-likeness (QED) is 0.0807. The number of carbonyl (C=O) groups excluding carboxylic acids is 8. The fraction of sp³-hybridized carbons (Fsp3) is 0.408. The van der Waals surface area contributed by atoms with Crippen molar-refractivity contribution in [1.82, 2.24) is 25.8 Å². The van der Waals surface area contributed by atoms with Crippen LogP contribution in [0.2, 0.25) is 0 Å². The molecule has 4 aliphatic rings. The highest BCUT2D eigenvalue weighted by molar-refractivity contribution is 6.24. The Morgan fingerprint density at radius 1 is 0.857 bits per heavy atom. The van der Waals surface area contributed by atoms with E-state index < -0.39 is 83.4 Å². The Hall–Kier alpha value is -7.29. The van der Waals surface area contributed by atoms with Crippen LogP contribution in [0.25, 0.3) is 11.1 Å². The summed E-state index contributed by atoms with van der Waals surface area (Å²) in [5, 5.41) is 10.3. The summed E-state index contributed by atoms with van der Waals surface area (Å²) >= 11 is 0. The molecule has 21 heteroatoms. The molecular formula is C49H52F4N8O9. The fourth-order valence-corrected chi connectivity index (χ4v) is 8.84. The first-order valence-corrected chi connectivity index (χ1v) is 22.9. The van der Waals surface area contributed by atoms with E-state index in [1.165, 1.54) is 36.4 Å². The Balaban J connectivity index is 0.880. The number of fused-ring (bicyclic) bond motifs is 1. The minimum atomic E-state index is -4.99. The molecule has 4 atom stereocenters. The van der Waals surface area contributed by atoms with Crippen molar-refractivity contribution in [3.05, 3.63) is 88.8 Å². The van der Waals surface area contributed by atoms with Crippen LogP contribution in [-0.2, 0) is 24.0 Å². The molecule has 2 fully saturated rings. The van der Waals surface area contributed by atoms with Crippen molar-refractivity contribution in [3.8, 4) is 16.9 Å². The van der Waals surface area contributed by atoms with E-state index in [1.807, 2.05) is 25.8 Å². The van der Waals surface area contributed by atoms with E-state index in [9.17, 15) is 51.5 Å². The topological polar surface area (TPSA) is 216 Å². The number of anilines is 2. The van der Waals surface area contributed by atoms with Gasteiger partial charge in [0.05, 0.1) is 28.1 Å². The van der Waals surface area contributed by atoms with Gasteiger partial charge in [0.25, 0.3) is 29.5 Å². The van der Waals surface area contributed by atoms with Crippen LogP contribution in [-0.4, -0.2) is 127 Å². The van der Waals surface area contributed by atoms with E-state index in [0.717, 1.165) is 30.2 Å². The molecule has 4 aliphatic heterocycles. The van der Waals surface area contributed by atoms with Gasteiger partial charge in [-0.3, -0.25) is 53.5 Å². The zero-order valence-corrected chi connectivity index (χ0v) is 38.6. The summed E-state index contributed by atoms with van der Waals surface area (Å²) in [5.74, 6) is -8.38. The van der Waals surface area contributed by atoms with E-state index >= 15 is 4.39 Å². The van der Waals surface area contributed by atoms with Crippen LogP contribution in [0.5, 0.6) is 5.75 Å². The lowest BCUT2D eigenvalue weighted by Crippen LogP contribution is -2.55. The molecular weight excluding hydrogens is 921 g/mol. The molecule has 3 aromatic carbocycles. The summed E-state index contributed by atoms with van der Waals surface area (Å²) in [7, 11) is 1.98. The average Bonchev–Trinajstić information content (AvgIpc) is 3.57. The fourth-order valence-electron chi connectivity index (χ4n) is 8.84. The lowest BCUT2D eigenvalue weighted by Gasteiger charge is -2.44. The number of halogens is 4. The van der Waals surface area contributed by atoms with Crippen LogP contribution in [0.3, 0.4) is 0 Å². The van der Waals surface area contributed by atoms with Crippen molar-refractivity contribution >= 4 is 64.8 Å². The molecule has 0 saturated carbocycles. The lowest BCUT2D eigenvalue weighted by molar-refractivity contribution is -0.136. The van der Waals surface area contributed by atoms with Crippen LogP contribution >= 0.6 is 0 Å². The van der Waals surface area contributed by atoms with Crippen molar-refractivity contribution in [1.29, 1.82) is 0 Å². The number of piperazine rings is 1. The monoisotopic (exact) mass is 972 g/mol. The molecule has 3 aromatic rings. The third-order valence-electron chi connectivity index (χ3n) is 12.8. The number of ether oxygens (including phenoxy) is 1. The normalized spacial score (nSPS) is 20.5. The van der Waals surface area contributed by atoms with Gasteiger partial charge in [0.15, 0.2) is 6.61 Å². The van der Waals surface area contributed by atoms with Gasteiger partial charge in [-0.15, -0.1) is 0 Å². The summed E-state index contributed by atoms with van der Waals surface area (Å²) in [4.78, 5) is 110. The molecule has 8 amide bonds. The Morgan fingerprint density at radius 3 is 2.26 bits per heavy atom. The van der Waals surface area contributed by atoms with E-state index in [4.69, 9.17) is 4.74 Å². The molecule has 0 radical (unpaired) electrons. The molecule has 0 bridgehead atoms. The first kappa shape index (κ1) is 50.6. The second-order valence-corrected chi connectivity index (χ2v) is 17.7. The van der Waals surface area contributed by atoms with Gasteiger partial charge in [-0.25, -0.2) is 9.38 Å². The van der Waals surface area contributed by atoms with Crippen LogP contribution in [0.15, 0.2) is 71.2 Å². The molecule has 70 heavy (non-hydrogen) atoms. The molecule has 0 aromatic heterocycles. The van der Waals surface area contributed by atoms with Gasteiger partial charge in [0.2, 0.25) is 17.7 Å². The zero-order valence-electron chi connectivity index (χ0n) is 38.6. The van der Waals surface area contributed by atoms with Crippen molar-refractivity contribution in [2.75, 3.05) is 50.1 Å². The van der Waals surface area contributed by atoms with Crippen molar-refractivity contribution in [2.24, 2.45) is 10.9 Å². The first-order chi connectivity index (χ1) is 33.3. The highest BCUT2D eigenvalue weighted by atomic mass is 19.4. The van der Waals surface area contributed by atoms with Crippen LogP contribution in [0.1, 0.15) is 89.9 Å². The molecule has 2 saturated heterocycles. The molecule has 0 spiro atoms. The van der Waals surface area contributed by atoms with E-state index in [0.29, 0.717) is 57.0 Å². The third-order valence-corrected chi connectivity index (χ3v) is 12.8. The number of benzene rings is 3. The Kier molecular flexibility index (Phi) is 15.6. The number of hydrogen-bond acceptors (Lipinski definition) is 11. The van der Waals surface area contributed by atoms with Gasteiger partial charge in [0.1, 0.15) is 23.5 Å². The van der Waals surface area contributed by atoms with Gasteiger partial charge in [-0.1, -0.05) is 31.4 Å². The van der Waals surface area contributed by atoms with Gasteiger partial charge < -0.3 is 25.6 Å². The standard InChI is InChI=1S/C49H52F4N8O9/c1-27-24-60(25-28(2)59(27)3)37-15-13-29(21-36(37)57-45(66)33-23-56-41(63)22-34(33)49(51,52)53)32-20-30(12-14-35(32)50)44(65)55-19-8-6-4-5-7-18-54-42(64)26-70-39-11-9-10-31-43(39)48(69)61(47(31)68)38-16-17-40(62)58-46(38)67/h9-15,20-23,27-28,33,38H,4-8,16-19,24-26H2,1-3H3,(H,54,64)(H,55,65)(H,57,66)(H,58,62,67)/t27-,28+,33?,38?. The van der Waals surface area contributed by atoms with Gasteiger partial charge in [0, 0.05) is 68.1 Å². The number of rotatable bonds is 17. The van der Waals surface area contributed by atoms with E-state index in [1.54, 1.807) is 12.1 Å². The number of aliphatic imine (C=N–C) groups is 1. The second kappa shape index (κ2) is 21.6. The minimum absolute atomic E-state index is 0.00222. The number of hydrogen-bond donors (Lipinski definition) is 4. The number of imide groups is 2. The minimum Gasteiger partial charge on any atom is -0.483 e. The number of dihydropyridines is 1. The van der Waals surface area contributed by atoms with Gasteiger partial charge in [-0.2, -0.15) is 13.2 Å². The molecule has 4 heterocycles. The molecule has 370 valence electrons. The van der Waals surface area contributed by atoms with Crippen molar-refractivity contribution in [2.45, 2.75) is 83.1 Å². The maximum atomic E-state index is 15.5. The number of alkyl halides is 3. The first-order valence-electron chi connectivity index (χ1n) is 22.9. The smallest absolute Gasteiger partial charge is 0.414 e. The maximum Gasteiger partial charge on any atom is 0.414 e. The SMILES string of the molecule is C[C@@H]1CN(c2ccc(-c3cc(C(=O)NCCCCCCCNC(=O)COc4cccc5c4C(=O)N(C4CCC(=O)NC4=O)C5=O)ccc3F)cc2NC(=O)C2C=NC(=O)C=C2C(F)(F)F)C[C@H](C)N1C. The summed E-state index contributed by atoms with van der Waals surface area (Å²) in [5.41, 5.74) is -0.372. The predicted octanol–water partition coefficient (Wildman–Crippen LogP) is 4.95. The van der Waals surface area contributed by atoms with Crippen LogP contribution in [0, 0.1) is 11.7 Å². The lowest BCUT2D eigenvalue weighted by atomic mass is 9.95. The summed E-state index contributed by atoms with van der Waals surface area (Å²) in [6.07, 6.45) is -0.474. The number of nitrogens with one attached hydrogen (secondary N) is 4. The average molecular weight is 973 g/mol. The Bertz CT molecular complexity index is 2660. The van der Waals surface area contributed by atoms with Crippen molar-refractivity contribution < 1.29 is 60.7 Å². The van der Waals surface area contributed by atoms with Crippen LogP contribution in [0.4, 0.5) is 28.9 Å². The third kappa shape index (κ3) is 11.4. The summed E-state index contributed by atoms with van der Waals surface area (Å²) in [6.45, 7) is 5.30.